The lowest BCUT2D eigenvalue weighted by molar-refractivity contribution is -0.117. The van der Waals surface area contributed by atoms with Gasteiger partial charge in [0.05, 0.1) is 4.32 Å². The van der Waals surface area contributed by atoms with Crippen molar-refractivity contribution in [3.63, 3.8) is 0 Å². The summed E-state index contributed by atoms with van der Waals surface area (Å²) >= 11 is 3.31. The van der Waals surface area contributed by atoms with Crippen molar-refractivity contribution in [1.29, 1.82) is 0 Å². The molecule has 1 saturated heterocycles. The number of amides is 3. The highest BCUT2D eigenvalue weighted by atomic mass is 79.9. The van der Waals surface area contributed by atoms with Crippen molar-refractivity contribution in [1.82, 2.24) is 5.32 Å². The molecule has 1 aliphatic rings. The zero-order valence-electron chi connectivity index (χ0n) is 10.9. The second-order valence-electron chi connectivity index (χ2n) is 4.86. The Kier molecular flexibility index (Phi) is 3.80. The largest absolute Gasteiger partial charge is 0.336 e. The first kappa shape index (κ1) is 13.9. The van der Waals surface area contributed by atoms with Crippen LogP contribution in [-0.2, 0) is 4.79 Å². The van der Waals surface area contributed by atoms with Gasteiger partial charge in [-0.2, -0.15) is 0 Å². The molecule has 2 rings (SSSR count). The van der Waals surface area contributed by atoms with Gasteiger partial charge in [0.15, 0.2) is 0 Å². The molecule has 0 bridgehead atoms. The van der Waals surface area contributed by atoms with Gasteiger partial charge in [0.1, 0.15) is 0 Å². The fourth-order valence-corrected chi connectivity index (χ4v) is 1.85. The van der Waals surface area contributed by atoms with Gasteiger partial charge >= 0.3 is 6.03 Å². The summed E-state index contributed by atoms with van der Waals surface area (Å²) in [7, 11) is 0. The van der Waals surface area contributed by atoms with Gasteiger partial charge in [0, 0.05) is 24.5 Å². The number of urea groups is 1. The monoisotopic (exact) mass is 325 g/mol. The highest BCUT2D eigenvalue weighted by Crippen LogP contribution is 2.23. The average Bonchev–Trinajstić information content (AvgIpc) is 2.74. The van der Waals surface area contributed by atoms with Crippen LogP contribution in [0.25, 0.3) is 0 Å². The molecule has 1 aromatic rings. The lowest BCUT2D eigenvalue weighted by Gasteiger charge is -2.18. The molecule has 19 heavy (non-hydrogen) atoms. The van der Waals surface area contributed by atoms with E-state index in [1.54, 1.807) is 30.9 Å². The highest BCUT2D eigenvalue weighted by Gasteiger charge is 2.24. The van der Waals surface area contributed by atoms with Gasteiger partial charge in [-0.05, 0) is 32.0 Å². The van der Waals surface area contributed by atoms with Crippen LogP contribution in [-0.4, -0.2) is 29.4 Å². The minimum Gasteiger partial charge on any atom is -0.336 e. The van der Waals surface area contributed by atoms with Crippen LogP contribution in [0.1, 0.15) is 13.8 Å². The van der Waals surface area contributed by atoms with Crippen LogP contribution in [0.3, 0.4) is 0 Å². The second-order valence-corrected chi connectivity index (χ2v) is 6.84. The van der Waals surface area contributed by atoms with Crippen LogP contribution in [0.15, 0.2) is 24.3 Å². The van der Waals surface area contributed by atoms with E-state index in [0.717, 1.165) is 5.69 Å². The van der Waals surface area contributed by atoms with Crippen molar-refractivity contribution in [2.24, 2.45) is 0 Å². The molecule has 0 saturated carbocycles. The van der Waals surface area contributed by atoms with Crippen molar-refractivity contribution in [2.75, 3.05) is 23.3 Å². The van der Waals surface area contributed by atoms with E-state index >= 15 is 0 Å². The Hall–Kier alpha value is -1.56. The molecule has 1 aromatic carbocycles. The highest BCUT2D eigenvalue weighted by molar-refractivity contribution is 9.10. The molecule has 1 fully saturated rings. The lowest BCUT2D eigenvalue weighted by Crippen LogP contribution is -2.31. The molecule has 0 radical (unpaired) electrons. The quantitative estimate of drug-likeness (QED) is 0.838. The molecule has 1 aliphatic heterocycles. The summed E-state index contributed by atoms with van der Waals surface area (Å²) in [6, 6.07) is 7.15. The summed E-state index contributed by atoms with van der Waals surface area (Å²) in [5.74, 6) is -0.129. The summed E-state index contributed by atoms with van der Waals surface area (Å²) in [6.07, 6.45) is 0. The van der Waals surface area contributed by atoms with Crippen LogP contribution in [0, 0.1) is 0 Å². The summed E-state index contributed by atoms with van der Waals surface area (Å²) in [5.41, 5.74) is 1.45. The zero-order valence-corrected chi connectivity index (χ0v) is 12.5. The zero-order chi connectivity index (χ0) is 14.0. The Balaban J connectivity index is 2.16. The molecule has 0 aliphatic carbocycles. The van der Waals surface area contributed by atoms with E-state index in [-0.39, 0.29) is 11.9 Å². The fourth-order valence-electron chi connectivity index (χ4n) is 1.75. The molecular weight excluding hydrogens is 310 g/mol. The molecule has 5 nitrogen and oxygen atoms in total. The number of anilines is 2. The SMILES string of the molecule is CC(C)(Br)C(=O)Nc1cccc(N2CCNC2=O)c1. The van der Waals surface area contributed by atoms with E-state index in [4.69, 9.17) is 0 Å². The molecule has 0 atom stereocenters. The number of benzene rings is 1. The average molecular weight is 326 g/mol. The summed E-state index contributed by atoms with van der Waals surface area (Å²) in [6.45, 7) is 4.84. The Morgan fingerprint density at radius 2 is 2.21 bits per heavy atom. The second kappa shape index (κ2) is 5.21. The Labute approximate surface area is 120 Å². The van der Waals surface area contributed by atoms with E-state index in [2.05, 4.69) is 26.6 Å². The number of carbonyl (C=O) groups excluding carboxylic acids is 2. The fraction of sp³-hybridized carbons (Fsp3) is 0.385. The Morgan fingerprint density at radius 1 is 1.47 bits per heavy atom. The number of hydrogen-bond donors (Lipinski definition) is 2. The van der Waals surface area contributed by atoms with E-state index < -0.39 is 4.32 Å². The summed E-state index contributed by atoms with van der Waals surface area (Å²) in [5, 5.41) is 5.56. The van der Waals surface area contributed by atoms with Crippen LogP contribution in [0.5, 0.6) is 0 Å². The number of halogens is 1. The van der Waals surface area contributed by atoms with Gasteiger partial charge in [-0.1, -0.05) is 22.0 Å². The number of carbonyl (C=O) groups is 2. The lowest BCUT2D eigenvalue weighted by atomic mass is 10.2. The van der Waals surface area contributed by atoms with Crippen LogP contribution >= 0.6 is 15.9 Å². The van der Waals surface area contributed by atoms with Crippen molar-refractivity contribution in [3.8, 4) is 0 Å². The molecule has 6 heteroatoms. The first-order chi connectivity index (χ1) is 8.88. The van der Waals surface area contributed by atoms with Crippen molar-refractivity contribution < 1.29 is 9.59 Å². The molecule has 3 amide bonds. The number of alkyl halides is 1. The maximum atomic E-state index is 11.9. The van der Waals surface area contributed by atoms with Gasteiger partial charge in [-0.15, -0.1) is 0 Å². The van der Waals surface area contributed by atoms with E-state index in [0.29, 0.717) is 18.8 Å². The van der Waals surface area contributed by atoms with Crippen LogP contribution < -0.4 is 15.5 Å². The van der Waals surface area contributed by atoms with E-state index in [1.807, 2.05) is 12.1 Å². The molecule has 0 spiro atoms. The number of nitrogens with zero attached hydrogens (tertiary/aromatic N) is 1. The summed E-state index contributed by atoms with van der Waals surface area (Å²) in [4.78, 5) is 25.1. The molecule has 1 heterocycles. The minimum absolute atomic E-state index is 0.107. The molecule has 102 valence electrons. The smallest absolute Gasteiger partial charge is 0.321 e. The molecule has 0 aromatic heterocycles. The van der Waals surface area contributed by atoms with Crippen LogP contribution in [0.4, 0.5) is 16.2 Å². The first-order valence-corrected chi connectivity index (χ1v) is 6.83. The molecule has 0 unspecified atom stereocenters. The minimum atomic E-state index is -0.631. The predicted octanol–water partition coefficient (Wildman–Crippen LogP) is 2.33. The van der Waals surface area contributed by atoms with Gasteiger partial charge in [-0.3, -0.25) is 9.69 Å². The standard InChI is InChI=1S/C13H16BrN3O2/c1-13(2,14)11(18)16-9-4-3-5-10(8-9)17-7-6-15-12(17)19/h3-5,8H,6-7H2,1-2H3,(H,15,19)(H,16,18). The summed E-state index contributed by atoms with van der Waals surface area (Å²) < 4.78 is -0.631. The first-order valence-electron chi connectivity index (χ1n) is 6.04. The third kappa shape index (κ3) is 3.26. The Bertz CT molecular complexity index is 511. The van der Waals surface area contributed by atoms with Gasteiger partial charge in [0.2, 0.25) is 5.91 Å². The van der Waals surface area contributed by atoms with Gasteiger partial charge in [-0.25, -0.2) is 4.79 Å². The van der Waals surface area contributed by atoms with Gasteiger partial charge < -0.3 is 10.6 Å². The maximum absolute atomic E-state index is 11.9. The van der Waals surface area contributed by atoms with E-state index in [1.165, 1.54) is 0 Å². The number of nitrogens with one attached hydrogen (secondary N) is 2. The maximum Gasteiger partial charge on any atom is 0.321 e. The van der Waals surface area contributed by atoms with Crippen molar-refractivity contribution in [2.45, 2.75) is 18.2 Å². The third-order valence-corrected chi connectivity index (χ3v) is 3.17. The number of rotatable bonds is 3. The van der Waals surface area contributed by atoms with Gasteiger partial charge in [0.25, 0.3) is 0 Å². The topological polar surface area (TPSA) is 61.4 Å². The number of hydrogen-bond acceptors (Lipinski definition) is 2. The van der Waals surface area contributed by atoms with Crippen molar-refractivity contribution >= 4 is 39.2 Å². The Morgan fingerprint density at radius 3 is 2.79 bits per heavy atom. The third-order valence-electron chi connectivity index (χ3n) is 2.81. The predicted molar refractivity (Wildman–Crippen MR) is 78.8 cm³/mol. The molecule has 2 N–H and O–H groups in total. The normalized spacial score (nSPS) is 15.3. The molecular formula is C13H16BrN3O2. The van der Waals surface area contributed by atoms with E-state index in [9.17, 15) is 9.59 Å². The van der Waals surface area contributed by atoms with Crippen LogP contribution in [0.2, 0.25) is 0 Å². The van der Waals surface area contributed by atoms with Crippen molar-refractivity contribution in [3.05, 3.63) is 24.3 Å².